The Morgan fingerprint density at radius 3 is 2.48 bits per heavy atom. The maximum Gasteiger partial charge on any atom is 0.282 e. The summed E-state index contributed by atoms with van der Waals surface area (Å²) in [6, 6.07) is 1.83. The number of hydrogen-bond acceptors (Lipinski definition) is 4. The van der Waals surface area contributed by atoms with E-state index in [0.29, 0.717) is 44.8 Å². The fraction of sp³-hybridized carbons (Fsp3) is 0.800. The SMILES string of the molecule is CC[C@H](O)c1cc2n(n1)CCN(S(=O)(=O)N1CCCCCC1)C2. The first-order valence-electron chi connectivity index (χ1n) is 8.52. The van der Waals surface area contributed by atoms with Crippen molar-refractivity contribution in [2.24, 2.45) is 0 Å². The van der Waals surface area contributed by atoms with Crippen molar-refractivity contribution in [3.63, 3.8) is 0 Å². The Hall–Kier alpha value is -0.960. The monoisotopic (exact) mass is 342 g/mol. The van der Waals surface area contributed by atoms with E-state index in [0.717, 1.165) is 31.4 Å². The van der Waals surface area contributed by atoms with E-state index in [1.165, 1.54) is 0 Å². The number of aliphatic hydroxyl groups is 1. The average molecular weight is 342 g/mol. The number of nitrogens with zero attached hydrogens (tertiary/aromatic N) is 4. The fourth-order valence-electron chi connectivity index (χ4n) is 3.27. The van der Waals surface area contributed by atoms with Crippen LogP contribution in [-0.2, 0) is 23.3 Å². The summed E-state index contributed by atoms with van der Waals surface area (Å²) < 4.78 is 30.8. The van der Waals surface area contributed by atoms with Gasteiger partial charge in [-0.05, 0) is 25.3 Å². The second-order valence-electron chi connectivity index (χ2n) is 6.36. The van der Waals surface area contributed by atoms with Crippen molar-refractivity contribution in [2.45, 2.75) is 58.2 Å². The Bertz CT molecular complexity index is 635. The molecule has 1 aromatic rings. The molecule has 0 amide bonds. The topological polar surface area (TPSA) is 78.7 Å². The van der Waals surface area contributed by atoms with Crippen LogP contribution < -0.4 is 0 Å². The van der Waals surface area contributed by atoms with E-state index >= 15 is 0 Å². The van der Waals surface area contributed by atoms with E-state index in [1.54, 1.807) is 8.61 Å². The summed E-state index contributed by atoms with van der Waals surface area (Å²) in [6.07, 6.45) is 4.12. The molecule has 3 rings (SSSR count). The van der Waals surface area contributed by atoms with Gasteiger partial charge < -0.3 is 5.11 Å². The molecule has 1 atom stereocenters. The number of fused-ring (bicyclic) bond motifs is 1. The molecule has 7 nitrogen and oxygen atoms in total. The highest BCUT2D eigenvalue weighted by molar-refractivity contribution is 7.86. The van der Waals surface area contributed by atoms with Crippen LogP contribution in [0.2, 0.25) is 0 Å². The number of aliphatic hydroxyl groups excluding tert-OH is 1. The minimum Gasteiger partial charge on any atom is -0.387 e. The Morgan fingerprint density at radius 1 is 1.13 bits per heavy atom. The minimum atomic E-state index is -3.40. The van der Waals surface area contributed by atoms with Crippen LogP contribution >= 0.6 is 0 Å². The maximum absolute atomic E-state index is 12.9. The Balaban J connectivity index is 1.76. The summed E-state index contributed by atoms with van der Waals surface area (Å²) in [5, 5.41) is 14.3. The molecule has 0 bridgehead atoms. The van der Waals surface area contributed by atoms with E-state index < -0.39 is 16.3 Å². The van der Waals surface area contributed by atoms with Gasteiger partial charge in [0, 0.05) is 19.6 Å². The van der Waals surface area contributed by atoms with Gasteiger partial charge in [0.2, 0.25) is 0 Å². The standard InChI is InChI=1S/C15H26N4O3S/c1-2-15(20)14-11-13-12-18(9-10-19(13)16-14)23(21,22)17-7-5-3-4-6-8-17/h11,15,20H,2-10,12H2,1H3/t15-/m0/s1. The lowest BCUT2D eigenvalue weighted by molar-refractivity contribution is 0.167. The summed E-state index contributed by atoms with van der Waals surface area (Å²) in [5.74, 6) is 0. The van der Waals surface area contributed by atoms with Gasteiger partial charge in [0.05, 0.1) is 30.6 Å². The summed E-state index contributed by atoms with van der Waals surface area (Å²) in [4.78, 5) is 0. The Labute approximate surface area is 138 Å². The van der Waals surface area contributed by atoms with E-state index in [2.05, 4.69) is 5.10 Å². The molecule has 0 spiro atoms. The van der Waals surface area contributed by atoms with Crippen LogP contribution in [0.5, 0.6) is 0 Å². The van der Waals surface area contributed by atoms with Gasteiger partial charge in [0.1, 0.15) is 0 Å². The van der Waals surface area contributed by atoms with E-state index in [-0.39, 0.29) is 0 Å². The van der Waals surface area contributed by atoms with Crippen LogP contribution in [0.4, 0.5) is 0 Å². The predicted molar refractivity (Wildman–Crippen MR) is 86.8 cm³/mol. The molecule has 2 aliphatic heterocycles. The second kappa shape index (κ2) is 6.88. The van der Waals surface area contributed by atoms with Crippen LogP contribution in [0, 0.1) is 0 Å². The molecular formula is C15H26N4O3S. The largest absolute Gasteiger partial charge is 0.387 e. The van der Waals surface area contributed by atoms with Gasteiger partial charge in [-0.3, -0.25) is 4.68 Å². The highest BCUT2D eigenvalue weighted by Gasteiger charge is 2.33. The zero-order valence-electron chi connectivity index (χ0n) is 13.7. The predicted octanol–water partition coefficient (Wildman–Crippen LogP) is 1.26. The Morgan fingerprint density at radius 2 is 1.83 bits per heavy atom. The molecule has 2 aliphatic rings. The summed E-state index contributed by atoms with van der Waals surface area (Å²) in [7, 11) is -3.40. The molecule has 8 heteroatoms. The van der Waals surface area contributed by atoms with Gasteiger partial charge in [0.15, 0.2) is 0 Å². The minimum absolute atomic E-state index is 0.336. The normalized spacial score (nSPS) is 22.5. The van der Waals surface area contributed by atoms with E-state index in [4.69, 9.17) is 0 Å². The molecule has 1 fully saturated rings. The first-order valence-corrected chi connectivity index (χ1v) is 9.92. The van der Waals surface area contributed by atoms with Crippen LogP contribution in [0.25, 0.3) is 0 Å². The summed E-state index contributed by atoms with van der Waals surface area (Å²) >= 11 is 0. The third-order valence-corrected chi connectivity index (χ3v) is 6.71. The van der Waals surface area contributed by atoms with Gasteiger partial charge in [-0.25, -0.2) is 0 Å². The highest BCUT2D eigenvalue weighted by Crippen LogP contribution is 2.24. The van der Waals surface area contributed by atoms with Gasteiger partial charge in [-0.1, -0.05) is 19.8 Å². The van der Waals surface area contributed by atoms with Crippen molar-refractivity contribution in [2.75, 3.05) is 19.6 Å². The zero-order valence-corrected chi connectivity index (χ0v) is 14.5. The summed E-state index contributed by atoms with van der Waals surface area (Å²) in [6.45, 7) is 4.46. The van der Waals surface area contributed by atoms with Crippen molar-refractivity contribution in [3.05, 3.63) is 17.5 Å². The smallest absolute Gasteiger partial charge is 0.282 e. The molecule has 0 radical (unpaired) electrons. The third-order valence-electron chi connectivity index (χ3n) is 4.73. The highest BCUT2D eigenvalue weighted by atomic mass is 32.2. The molecule has 23 heavy (non-hydrogen) atoms. The quantitative estimate of drug-likeness (QED) is 0.893. The zero-order chi connectivity index (χ0) is 16.4. The van der Waals surface area contributed by atoms with Crippen LogP contribution in [0.1, 0.15) is 56.5 Å². The van der Waals surface area contributed by atoms with Crippen LogP contribution in [-0.4, -0.2) is 51.5 Å². The number of aromatic nitrogens is 2. The molecule has 1 aromatic heterocycles. The van der Waals surface area contributed by atoms with Crippen LogP contribution in [0.3, 0.4) is 0 Å². The number of hydrogen-bond donors (Lipinski definition) is 1. The van der Waals surface area contributed by atoms with Crippen molar-refractivity contribution >= 4 is 10.2 Å². The van der Waals surface area contributed by atoms with E-state index in [9.17, 15) is 13.5 Å². The molecule has 3 heterocycles. The molecule has 130 valence electrons. The average Bonchev–Trinajstić information content (AvgIpc) is 2.77. The maximum atomic E-state index is 12.9. The van der Waals surface area contributed by atoms with Crippen molar-refractivity contribution in [1.82, 2.24) is 18.4 Å². The van der Waals surface area contributed by atoms with Gasteiger partial charge in [-0.15, -0.1) is 0 Å². The lowest BCUT2D eigenvalue weighted by atomic mass is 10.2. The second-order valence-corrected chi connectivity index (χ2v) is 8.29. The Kier molecular flexibility index (Phi) is 5.05. The lowest BCUT2D eigenvalue weighted by Gasteiger charge is -2.31. The molecule has 0 aromatic carbocycles. The first kappa shape index (κ1) is 16.9. The molecule has 0 saturated carbocycles. The molecule has 1 N–H and O–H groups in total. The molecule has 1 saturated heterocycles. The molecule has 0 unspecified atom stereocenters. The van der Waals surface area contributed by atoms with Crippen LogP contribution in [0.15, 0.2) is 6.07 Å². The lowest BCUT2D eigenvalue weighted by Crippen LogP contribution is -2.47. The van der Waals surface area contributed by atoms with Gasteiger partial charge in [-0.2, -0.15) is 22.1 Å². The summed E-state index contributed by atoms with van der Waals surface area (Å²) in [5.41, 5.74) is 1.49. The van der Waals surface area contributed by atoms with E-state index in [1.807, 2.05) is 17.7 Å². The van der Waals surface area contributed by atoms with Crippen molar-refractivity contribution in [3.8, 4) is 0 Å². The third kappa shape index (κ3) is 3.45. The number of rotatable bonds is 4. The van der Waals surface area contributed by atoms with Gasteiger partial charge >= 0.3 is 0 Å². The first-order chi connectivity index (χ1) is 11.0. The molecular weight excluding hydrogens is 316 g/mol. The molecule has 0 aliphatic carbocycles. The van der Waals surface area contributed by atoms with Crippen molar-refractivity contribution < 1.29 is 13.5 Å². The van der Waals surface area contributed by atoms with Crippen molar-refractivity contribution in [1.29, 1.82) is 0 Å². The fourth-order valence-corrected chi connectivity index (χ4v) is 4.92. The van der Waals surface area contributed by atoms with Gasteiger partial charge in [0.25, 0.3) is 10.2 Å².